The molecule has 0 unspecified atom stereocenters. The van der Waals surface area contributed by atoms with Gasteiger partial charge in [0.2, 0.25) is 0 Å². The number of methoxy groups -OCH3 is 1. The number of benzene rings is 1. The number of hydrogen-bond donors (Lipinski definition) is 2. The molecule has 0 saturated heterocycles. The highest BCUT2D eigenvalue weighted by Crippen LogP contribution is 2.51. The standard InChI is InChI=1S/C11H14ClNO2/c1-6-5-7(11(13)3-4-11)10(15-2)8(12)9(6)14/h5,14H,3-4,13H2,1-2H3. The summed E-state index contributed by atoms with van der Waals surface area (Å²) in [6.07, 6.45) is 1.87. The predicted octanol–water partition coefficient (Wildman–Crippen LogP) is 2.31. The van der Waals surface area contributed by atoms with Crippen molar-refractivity contribution < 1.29 is 9.84 Å². The minimum atomic E-state index is -0.312. The van der Waals surface area contributed by atoms with Gasteiger partial charge in [0, 0.05) is 11.1 Å². The molecule has 1 aliphatic carbocycles. The van der Waals surface area contributed by atoms with Crippen molar-refractivity contribution in [1.82, 2.24) is 0 Å². The van der Waals surface area contributed by atoms with Crippen LogP contribution < -0.4 is 10.5 Å². The summed E-state index contributed by atoms with van der Waals surface area (Å²) in [5.41, 5.74) is 7.42. The van der Waals surface area contributed by atoms with E-state index in [1.165, 1.54) is 7.11 Å². The number of nitrogens with two attached hydrogens (primary N) is 1. The van der Waals surface area contributed by atoms with E-state index in [1.807, 2.05) is 6.07 Å². The van der Waals surface area contributed by atoms with Crippen LogP contribution in [-0.4, -0.2) is 12.2 Å². The van der Waals surface area contributed by atoms with Crippen LogP contribution in [-0.2, 0) is 5.54 Å². The monoisotopic (exact) mass is 227 g/mol. The number of phenols is 1. The number of aromatic hydroxyl groups is 1. The van der Waals surface area contributed by atoms with E-state index in [-0.39, 0.29) is 16.3 Å². The van der Waals surface area contributed by atoms with Crippen LogP contribution in [0, 0.1) is 6.92 Å². The average molecular weight is 228 g/mol. The van der Waals surface area contributed by atoms with E-state index in [9.17, 15) is 5.11 Å². The second-order valence-corrected chi connectivity index (χ2v) is 4.47. The Morgan fingerprint density at radius 1 is 1.53 bits per heavy atom. The molecule has 0 aliphatic heterocycles. The van der Waals surface area contributed by atoms with Gasteiger partial charge in [-0.05, 0) is 31.4 Å². The molecule has 1 aromatic carbocycles. The van der Waals surface area contributed by atoms with Crippen molar-refractivity contribution in [2.24, 2.45) is 5.73 Å². The SMILES string of the molecule is COc1c(C2(N)CC2)cc(C)c(O)c1Cl. The minimum Gasteiger partial charge on any atom is -0.506 e. The number of halogens is 1. The third-order valence-corrected chi connectivity index (χ3v) is 3.27. The molecule has 1 aliphatic rings. The summed E-state index contributed by atoms with van der Waals surface area (Å²) >= 11 is 6.01. The van der Waals surface area contributed by atoms with Gasteiger partial charge in [0.25, 0.3) is 0 Å². The number of hydrogen-bond acceptors (Lipinski definition) is 3. The maximum absolute atomic E-state index is 9.68. The van der Waals surface area contributed by atoms with Crippen LogP contribution in [0.4, 0.5) is 0 Å². The summed E-state index contributed by atoms with van der Waals surface area (Å²) in [6, 6.07) is 1.85. The molecule has 1 aromatic rings. The zero-order chi connectivity index (χ0) is 11.2. The lowest BCUT2D eigenvalue weighted by Crippen LogP contribution is -2.20. The van der Waals surface area contributed by atoms with Crippen LogP contribution in [0.25, 0.3) is 0 Å². The Morgan fingerprint density at radius 2 is 2.13 bits per heavy atom. The van der Waals surface area contributed by atoms with Crippen LogP contribution in [0.2, 0.25) is 5.02 Å². The van der Waals surface area contributed by atoms with Crippen molar-refractivity contribution >= 4 is 11.6 Å². The predicted molar refractivity (Wildman–Crippen MR) is 59.5 cm³/mol. The summed E-state index contributed by atoms with van der Waals surface area (Å²) in [4.78, 5) is 0. The molecule has 4 heteroatoms. The van der Waals surface area contributed by atoms with Crippen molar-refractivity contribution in [3.8, 4) is 11.5 Å². The Morgan fingerprint density at radius 3 is 2.60 bits per heavy atom. The number of rotatable bonds is 2. The van der Waals surface area contributed by atoms with Gasteiger partial charge in [-0.2, -0.15) is 0 Å². The highest BCUT2D eigenvalue weighted by Gasteiger charge is 2.43. The van der Waals surface area contributed by atoms with Crippen LogP contribution in [0.3, 0.4) is 0 Å². The third kappa shape index (κ3) is 1.56. The highest BCUT2D eigenvalue weighted by molar-refractivity contribution is 6.33. The summed E-state index contributed by atoms with van der Waals surface area (Å²) in [6.45, 7) is 1.80. The Bertz CT molecular complexity index is 414. The molecule has 1 fully saturated rings. The fourth-order valence-corrected chi connectivity index (χ4v) is 2.05. The Hall–Kier alpha value is -0.930. The first-order valence-corrected chi connectivity index (χ1v) is 5.23. The third-order valence-electron chi connectivity index (χ3n) is 2.92. The van der Waals surface area contributed by atoms with E-state index in [2.05, 4.69) is 0 Å². The molecule has 82 valence electrons. The highest BCUT2D eigenvalue weighted by atomic mass is 35.5. The van der Waals surface area contributed by atoms with Gasteiger partial charge >= 0.3 is 0 Å². The molecular weight excluding hydrogens is 214 g/mol. The van der Waals surface area contributed by atoms with E-state index in [4.69, 9.17) is 22.1 Å². The lowest BCUT2D eigenvalue weighted by Gasteiger charge is -2.17. The average Bonchev–Trinajstić information content (AvgIpc) is 2.94. The molecule has 0 heterocycles. The van der Waals surface area contributed by atoms with E-state index in [1.54, 1.807) is 6.92 Å². The first-order chi connectivity index (χ1) is 6.99. The molecule has 3 nitrogen and oxygen atoms in total. The molecule has 1 saturated carbocycles. The zero-order valence-corrected chi connectivity index (χ0v) is 9.56. The molecule has 0 amide bonds. The van der Waals surface area contributed by atoms with Gasteiger partial charge in [-0.3, -0.25) is 0 Å². The van der Waals surface area contributed by atoms with Crippen molar-refractivity contribution in [3.05, 3.63) is 22.2 Å². The Kier molecular flexibility index (Phi) is 2.32. The van der Waals surface area contributed by atoms with Crippen molar-refractivity contribution in [2.45, 2.75) is 25.3 Å². The van der Waals surface area contributed by atoms with Crippen LogP contribution in [0.15, 0.2) is 6.07 Å². The van der Waals surface area contributed by atoms with Crippen LogP contribution in [0.1, 0.15) is 24.0 Å². The normalized spacial score (nSPS) is 17.6. The van der Waals surface area contributed by atoms with Gasteiger partial charge in [-0.25, -0.2) is 0 Å². The maximum atomic E-state index is 9.68. The van der Waals surface area contributed by atoms with Crippen molar-refractivity contribution in [1.29, 1.82) is 0 Å². The summed E-state index contributed by atoms with van der Waals surface area (Å²) < 4.78 is 5.21. The molecule has 3 N–H and O–H groups in total. The smallest absolute Gasteiger partial charge is 0.146 e. The summed E-state index contributed by atoms with van der Waals surface area (Å²) in [5.74, 6) is 0.571. The lowest BCUT2D eigenvalue weighted by atomic mass is 10.0. The van der Waals surface area contributed by atoms with Crippen molar-refractivity contribution in [2.75, 3.05) is 7.11 Å². The second kappa shape index (κ2) is 3.29. The van der Waals surface area contributed by atoms with Gasteiger partial charge in [-0.15, -0.1) is 0 Å². The first-order valence-electron chi connectivity index (χ1n) is 4.85. The number of ether oxygens (including phenoxy) is 1. The van der Waals surface area contributed by atoms with E-state index in [0.717, 1.165) is 24.0 Å². The van der Waals surface area contributed by atoms with Gasteiger partial charge in [0.15, 0.2) is 0 Å². The molecule has 0 aromatic heterocycles. The number of aryl methyl sites for hydroxylation is 1. The van der Waals surface area contributed by atoms with Gasteiger partial charge in [0.1, 0.15) is 16.5 Å². The van der Waals surface area contributed by atoms with Gasteiger partial charge < -0.3 is 15.6 Å². The summed E-state index contributed by atoms with van der Waals surface area (Å²) in [7, 11) is 1.53. The quantitative estimate of drug-likeness (QED) is 0.815. The van der Waals surface area contributed by atoms with E-state index >= 15 is 0 Å². The topological polar surface area (TPSA) is 55.5 Å². The van der Waals surface area contributed by atoms with E-state index < -0.39 is 0 Å². The Labute approximate surface area is 93.8 Å². The largest absolute Gasteiger partial charge is 0.506 e. The van der Waals surface area contributed by atoms with Crippen molar-refractivity contribution in [3.63, 3.8) is 0 Å². The molecule has 0 spiro atoms. The summed E-state index contributed by atoms with van der Waals surface area (Å²) in [5, 5.41) is 9.93. The lowest BCUT2D eigenvalue weighted by molar-refractivity contribution is 0.397. The van der Waals surface area contributed by atoms with Gasteiger partial charge in [0.05, 0.1) is 7.11 Å². The van der Waals surface area contributed by atoms with Crippen LogP contribution >= 0.6 is 11.6 Å². The minimum absolute atomic E-state index is 0.0708. The van der Waals surface area contributed by atoms with Gasteiger partial charge in [-0.1, -0.05) is 11.6 Å². The fourth-order valence-electron chi connectivity index (χ4n) is 1.72. The number of phenolic OH excluding ortho intramolecular Hbond substituents is 1. The second-order valence-electron chi connectivity index (χ2n) is 4.09. The Balaban J connectivity index is 2.63. The molecule has 0 radical (unpaired) electrons. The van der Waals surface area contributed by atoms with E-state index in [0.29, 0.717) is 5.75 Å². The molecular formula is C11H14ClNO2. The molecule has 2 rings (SSSR count). The zero-order valence-electron chi connectivity index (χ0n) is 8.80. The van der Waals surface area contributed by atoms with Crippen LogP contribution in [0.5, 0.6) is 11.5 Å². The maximum Gasteiger partial charge on any atom is 0.146 e. The fraction of sp³-hybridized carbons (Fsp3) is 0.455. The molecule has 0 bridgehead atoms. The first kappa shape index (κ1) is 10.6. The molecule has 15 heavy (non-hydrogen) atoms. The molecule has 0 atom stereocenters.